The van der Waals surface area contributed by atoms with Gasteiger partial charge >= 0.3 is 0 Å². The molecule has 0 aliphatic heterocycles. The summed E-state index contributed by atoms with van der Waals surface area (Å²) in [6.45, 7) is 0.493. The van der Waals surface area contributed by atoms with Gasteiger partial charge in [-0.05, 0) is 5.56 Å². The lowest BCUT2D eigenvalue weighted by atomic mass is 9.80. The highest BCUT2D eigenvalue weighted by atomic mass is 19.1. The fourth-order valence-corrected chi connectivity index (χ4v) is 1.66. The Kier molecular flexibility index (Phi) is 2.70. The number of nitriles is 1. The largest absolute Gasteiger partial charge is 0.373 e. The second-order valence-electron chi connectivity index (χ2n) is 3.90. The summed E-state index contributed by atoms with van der Waals surface area (Å²) in [5.74, 6) is 0. The van der Waals surface area contributed by atoms with Crippen molar-refractivity contribution >= 4 is 0 Å². The van der Waals surface area contributed by atoms with E-state index in [2.05, 4.69) is 0 Å². The molecule has 1 aromatic carbocycles. The van der Waals surface area contributed by atoms with Gasteiger partial charge in [-0.2, -0.15) is 5.26 Å². The zero-order valence-electron chi connectivity index (χ0n) is 8.32. The van der Waals surface area contributed by atoms with Crippen LogP contribution in [0.3, 0.4) is 0 Å². The van der Waals surface area contributed by atoms with E-state index >= 15 is 0 Å². The molecule has 0 radical (unpaired) electrons. The van der Waals surface area contributed by atoms with Crippen molar-refractivity contribution in [1.82, 2.24) is 0 Å². The van der Waals surface area contributed by atoms with Gasteiger partial charge in [0.05, 0.1) is 12.7 Å². The summed E-state index contributed by atoms with van der Waals surface area (Å²) in [6.07, 6.45) is 0.307. The molecule has 3 heteroatoms. The quantitative estimate of drug-likeness (QED) is 0.759. The number of rotatable bonds is 3. The normalized spacial score (nSPS) is 29.2. The van der Waals surface area contributed by atoms with Gasteiger partial charge in [0, 0.05) is 12.8 Å². The van der Waals surface area contributed by atoms with Gasteiger partial charge in [-0.25, -0.2) is 4.39 Å². The Labute approximate surface area is 88.3 Å². The molecule has 1 aromatic rings. The molecule has 2 nitrogen and oxygen atoms in total. The third kappa shape index (κ3) is 2.34. The molecule has 0 amide bonds. The molecule has 2 rings (SSSR count). The average Bonchev–Trinajstić information content (AvgIpc) is 2.24. The zero-order valence-corrected chi connectivity index (χ0v) is 8.32. The molecular formula is C12H12FNO. The van der Waals surface area contributed by atoms with Gasteiger partial charge in [0.2, 0.25) is 5.67 Å². The molecule has 15 heavy (non-hydrogen) atoms. The Morgan fingerprint density at radius 1 is 1.40 bits per heavy atom. The Balaban J connectivity index is 1.76. The zero-order chi connectivity index (χ0) is 10.7. The fourth-order valence-electron chi connectivity index (χ4n) is 1.66. The monoisotopic (exact) mass is 205 g/mol. The number of hydrogen-bond donors (Lipinski definition) is 0. The van der Waals surface area contributed by atoms with E-state index < -0.39 is 5.67 Å². The highest BCUT2D eigenvalue weighted by Crippen LogP contribution is 2.37. The number of benzene rings is 1. The summed E-state index contributed by atoms with van der Waals surface area (Å²) < 4.78 is 18.6. The van der Waals surface area contributed by atoms with Crippen molar-refractivity contribution < 1.29 is 9.13 Å². The number of hydrogen-bond acceptors (Lipinski definition) is 2. The Morgan fingerprint density at radius 2 is 2.07 bits per heavy atom. The van der Waals surface area contributed by atoms with Crippen LogP contribution in [0.4, 0.5) is 4.39 Å². The molecule has 0 spiro atoms. The van der Waals surface area contributed by atoms with Crippen LogP contribution in [0.25, 0.3) is 0 Å². The van der Waals surface area contributed by atoms with E-state index in [1.54, 1.807) is 6.07 Å². The van der Waals surface area contributed by atoms with Gasteiger partial charge in [0.25, 0.3) is 0 Å². The van der Waals surface area contributed by atoms with Crippen LogP contribution in [-0.2, 0) is 11.3 Å². The predicted molar refractivity (Wildman–Crippen MR) is 53.7 cm³/mol. The van der Waals surface area contributed by atoms with Crippen LogP contribution in [0.15, 0.2) is 30.3 Å². The van der Waals surface area contributed by atoms with Gasteiger partial charge in [-0.1, -0.05) is 30.3 Å². The maximum atomic E-state index is 13.2. The smallest absolute Gasteiger partial charge is 0.201 e. The minimum Gasteiger partial charge on any atom is -0.373 e. The van der Waals surface area contributed by atoms with Crippen LogP contribution < -0.4 is 0 Å². The predicted octanol–water partition coefficient (Wildman–Crippen LogP) is 2.60. The van der Waals surface area contributed by atoms with Crippen LogP contribution in [0.1, 0.15) is 18.4 Å². The van der Waals surface area contributed by atoms with Crippen molar-refractivity contribution in [2.75, 3.05) is 0 Å². The van der Waals surface area contributed by atoms with Gasteiger partial charge in [0.1, 0.15) is 6.07 Å². The first-order valence-corrected chi connectivity index (χ1v) is 4.97. The Morgan fingerprint density at radius 3 is 2.67 bits per heavy atom. The molecule has 1 saturated carbocycles. The molecule has 78 valence electrons. The SMILES string of the molecule is N#CC1(F)CC(OCc2ccccc2)C1. The van der Waals surface area contributed by atoms with E-state index in [9.17, 15) is 4.39 Å². The Bertz CT molecular complexity index is 365. The Hall–Kier alpha value is -1.40. The van der Waals surface area contributed by atoms with Crippen LogP contribution in [0, 0.1) is 11.3 Å². The second kappa shape index (κ2) is 4.00. The minimum absolute atomic E-state index is 0.102. The standard InChI is InChI=1S/C12H12FNO/c13-12(9-14)6-11(7-12)15-8-10-4-2-1-3-5-10/h1-5,11H,6-8H2. The average molecular weight is 205 g/mol. The molecular weight excluding hydrogens is 193 g/mol. The highest BCUT2D eigenvalue weighted by Gasteiger charge is 2.46. The third-order valence-electron chi connectivity index (χ3n) is 2.63. The molecule has 1 aliphatic rings. The molecule has 0 atom stereocenters. The summed E-state index contributed by atoms with van der Waals surface area (Å²) in [5.41, 5.74) is -0.563. The first-order valence-electron chi connectivity index (χ1n) is 4.97. The fraction of sp³-hybridized carbons (Fsp3) is 0.417. The lowest BCUT2D eigenvalue weighted by Gasteiger charge is -2.35. The van der Waals surface area contributed by atoms with E-state index in [4.69, 9.17) is 10.00 Å². The van der Waals surface area contributed by atoms with Crippen molar-refractivity contribution in [3.05, 3.63) is 35.9 Å². The maximum absolute atomic E-state index is 13.2. The molecule has 0 N–H and O–H groups in total. The second-order valence-corrected chi connectivity index (χ2v) is 3.90. The number of alkyl halides is 1. The van der Waals surface area contributed by atoms with Crippen molar-refractivity contribution in [3.63, 3.8) is 0 Å². The summed E-state index contributed by atoms with van der Waals surface area (Å²) in [4.78, 5) is 0. The van der Waals surface area contributed by atoms with Crippen LogP contribution >= 0.6 is 0 Å². The molecule has 1 aliphatic carbocycles. The van der Waals surface area contributed by atoms with Crippen molar-refractivity contribution in [2.24, 2.45) is 0 Å². The highest BCUT2D eigenvalue weighted by molar-refractivity contribution is 5.14. The number of ether oxygens (including phenoxy) is 1. The van der Waals surface area contributed by atoms with Crippen molar-refractivity contribution in [2.45, 2.75) is 31.2 Å². The molecule has 1 fully saturated rings. The van der Waals surface area contributed by atoms with Crippen molar-refractivity contribution in [1.29, 1.82) is 5.26 Å². The molecule has 0 heterocycles. The number of halogens is 1. The van der Waals surface area contributed by atoms with E-state index in [0.29, 0.717) is 6.61 Å². The molecule has 0 saturated heterocycles. The molecule has 0 unspecified atom stereocenters. The van der Waals surface area contributed by atoms with E-state index in [1.807, 2.05) is 30.3 Å². The van der Waals surface area contributed by atoms with Crippen molar-refractivity contribution in [3.8, 4) is 6.07 Å². The molecule has 0 aromatic heterocycles. The van der Waals surface area contributed by atoms with Crippen LogP contribution in [0.5, 0.6) is 0 Å². The first kappa shape index (κ1) is 10.1. The summed E-state index contributed by atoms with van der Waals surface area (Å²) >= 11 is 0. The third-order valence-corrected chi connectivity index (χ3v) is 2.63. The van der Waals surface area contributed by atoms with Gasteiger partial charge in [-0.15, -0.1) is 0 Å². The summed E-state index contributed by atoms with van der Waals surface area (Å²) in [6, 6.07) is 11.4. The summed E-state index contributed by atoms with van der Waals surface area (Å²) in [7, 11) is 0. The van der Waals surface area contributed by atoms with Crippen LogP contribution in [-0.4, -0.2) is 11.8 Å². The van der Waals surface area contributed by atoms with Gasteiger partial charge in [-0.3, -0.25) is 0 Å². The lowest BCUT2D eigenvalue weighted by molar-refractivity contribution is -0.0776. The maximum Gasteiger partial charge on any atom is 0.201 e. The first-order chi connectivity index (χ1) is 7.22. The van der Waals surface area contributed by atoms with E-state index in [1.165, 1.54) is 0 Å². The van der Waals surface area contributed by atoms with Crippen LogP contribution in [0.2, 0.25) is 0 Å². The lowest BCUT2D eigenvalue weighted by Crippen LogP contribution is -2.43. The molecule has 0 bridgehead atoms. The topological polar surface area (TPSA) is 33.0 Å². The van der Waals surface area contributed by atoms with E-state index in [0.717, 1.165) is 5.56 Å². The number of nitrogens with zero attached hydrogens (tertiary/aromatic N) is 1. The van der Waals surface area contributed by atoms with Gasteiger partial charge < -0.3 is 4.74 Å². The van der Waals surface area contributed by atoms with E-state index in [-0.39, 0.29) is 18.9 Å². The van der Waals surface area contributed by atoms with Gasteiger partial charge in [0.15, 0.2) is 0 Å². The minimum atomic E-state index is -1.64. The summed E-state index contributed by atoms with van der Waals surface area (Å²) in [5, 5.41) is 8.47.